The lowest BCUT2D eigenvalue weighted by Gasteiger charge is -2.19. The summed E-state index contributed by atoms with van der Waals surface area (Å²) in [4.78, 5) is 11.8. The number of esters is 1. The lowest BCUT2D eigenvalue weighted by atomic mass is 10.1. The van der Waals surface area contributed by atoms with Crippen molar-refractivity contribution >= 4 is 44.5 Å². The third-order valence-electron chi connectivity index (χ3n) is 4.42. The third-order valence-corrected chi connectivity index (χ3v) is 5.76. The molecule has 0 heterocycles. The largest absolute Gasteiger partial charge is 0.482 e. The summed E-state index contributed by atoms with van der Waals surface area (Å²) < 4.78 is 13.0. The SMILES string of the molecule is CCOC(=O)C1CC1c1ccc(OC(CO)c2cccc(Br)c2)c(I)c1. The van der Waals surface area contributed by atoms with Crippen LogP contribution in [0.4, 0.5) is 0 Å². The third kappa shape index (κ3) is 4.58. The molecule has 6 heteroatoms. The van der Waals surface area contributed by atoms with Gasteiger partial charge in [0, 0.05) is 4.47 Å². The maximum atomic E-state index is 11.8. The number of aliphatic hydroxyl groups excluding tert-OH is 1. The first-order valence-corrected chi connectivity index (χ1v) is 10.4. The summed E-state index contributed by atoms with van der Waals surface area (Å²) in [5.41, 5.74) is 2.04. The second kappa shape index (κ2) is 8.71. The van der Waals surface area contributed by atoms with Gasteiger partial charge in [-0.1, -0.05) is 34.1 Å². The van der Waals surface area contributed by atoms with Gasteiger partial charge in [0.1, 0.15) is 11.9 Å². The van der Waals surface area contributed by atoms with Crippen LogP contribution < -0.4 is 4.74 Å². The molecule has 0 amide bonds. The van der Waals surface area contributed by atoms with E-state index in [9.17, 15) is 9.90 Å². The van der Waals surface area contributed by atoms with Gasteiger partial charge in [-0.15, -0.1) is 0 Å². The average Bonchev–Trinajstić information content (AvgIpc) is 3.42. The lowest BCUT2D eigenvalue weighted by Crippen LogP contribution is -2.12. The molecule has 0 radical (unpaired) electrons. The number of hydrogen-bond acceptors (Lipinski definition) is 4. The van der Waals surface area contributed by atoms with E-state index in [-0.39, 0.29) is 24.4 Å². The van der Waals surface area contributed by atoms with Crippen molar-refractivity contribution in [3.8, 4) is 5.75 Å². The normalized spacial score (nSPS) is 19.7. The Morgan fingerprint density at radius 3 is 2.81 bits per heavy atom. The van der Waals surface area contributed by atoms with Crippen molar-refractivity contribution in [3.05, 3.63) is 61.6 Å². The van der Waals surface area contributed by atoms with E-state index < -0.39 is 6.10 Å². The Bertz CT molecular complexity index is 795. The summed E-state index contributed by atoms with van der Waals surface area (Å²) in [6, 6.07) is 13.7. The van der Waals surface area contributed by atoms with E-state index in [1.54, 1.807) is 0 Å². The van der Waals surface area contributed by atoms with Crippen LogP contribution in [0.3, 0.4) is 0 Å². The minimum absolute atomic E-state index is 0.0237. The zero-order chi connectivity index (χ0) is 18.7. The zero-order valence-corrected chi connectivity index (χ0v) is 18.1. The molecule has 3 rings (SSSR count). The van der Waals surface area contributed by atoms with Gasteiger partial charge in [0.15, 0.2) is 0 Å². The molecule has 2 aromatic carbocycles. The predicted molar refractivity (Wildman–Crippen MR) is 111 cm³/mol. The Balaban J connectivity index is 1.71. The quantitative estimate of drug-likeness (QED) is 0.411. The van der Waals surface area contributed by atoms with E-state index >= 15 is 0 Å². The average molecular weight is 531 g/mol. The number of carbonyl (C=O) groups excluding carboxylic acids is 1. The van der Waals surface area contributed by atoms with Crippen molar-refractivity contribution in [2.45, 2.75) is 25.4 Å². The maximum absolute atomic E-state index is 11.8. The zero-order valence-electron chi connectivity index (χ0n) is 14.3. The van der Waals surface area contributed by atoms with E-state index in [1.165, 1.54) is 0 Å². The van der Waals surface area contributed by atoms with Crippen LogP contribution in [0.5, 0.6) is 5.75 Å². The minimum Gasteiger partial charge on any atom is -0.482 e. The smallest absolute Gasteiger partial charge is 0.309 e. The van der Waals surface area contributed by atoms with E-state index in [0.29, 0.717) is 6.61 Å². The van der Waals surface area contributed by atoms with E-state index in [2.05, 4.69) is 44.6 Å². The summed E-state index contributed by atoms with van der Waals surface area (Å²) in [6.07, 6.45) is 0.409. The van der Waals surface area contributed by atoms with Crippen LogP contribution in [0.1, 0.15) is 36.5 Å². The van der Waals surface area contributed by atoms with Gasteiger partial charge in [0.2, 0.25) is 0 Å². The van der Waals surface area contributed by atoms with Crippen LogP contribution in [0, 0.1) is 9.49 Å². The Morgan fingerprint density at radius 1 is 1.35 bits per heavy atom. The topological polar surface area (TPSA) is 55.8 Å². The summed E-state index contributed by atoms with van der Waals surface area (Å²) in [7, 11) is 0. The number of ether oxygens (including phenoxy) is 2. The minimum atomic E-state index is -0.430. The molecule has 3 unspecified atom stereocenters. The van der Waals surface area contributed by atoms with E-state index in [4.69, 9.17) is 9.47 Å². The second-order valence-electron chi connectivity index (χ2n) is 6.23. The fourth-order valence-corrected chi connectivity index (χ4v) is 4.07. The van der Waals surface area contributed by atoms with Crippen molar-refractivity contribution in [3.63, 3.8) is 0 Å². The van der Waals surface area contributed by atoms with Gasteiger partial charge in [-0.3, -0.25) is 4.79 Å². The van der Waals surface area contributed by atoms with Crippen LogP contribution in [-0.2, 0) is 9.53 Å². The Hall–Kier alpha value is -1.12. The van der Waals surface area contributed by atoms with Gasteiger partial charge in [0.05, 0.1) is 22.7 Å². The van der Waals surface area contributed by atoms with Crippen molar-refractivity contribution in [1.29, 1.82) is 0 Å². The van der Waals surface area contributed by atoms with Crippen LogP contribution in [0.2, 0.25) is 0 Å². The fraction of sp³-hybridized carbons (Fsp3) is 0.350. The molecule has 4 nitrogen and oxygen atoms in total. The second-order valence-corrected chi connectivity index (χ2v) is 8.31. The molecule has 2 aromatic rings. The molecule has 1 N–H and O–H groups in total. The van der Waals surface area contributed by atoms with Gasteiger partial charge >= 0.3 is 5.97 Å². The summed E-state index contributed by atoms with van der Waals surface area (Å²) >= 11 is 5.68. The molecule has 1 aliphatic carbocycles. The molecule has 1 aliphatic rings. The van der Waals surface area contributed by atoms with Crippen LogP contribution in [-0.4, -0.2) is 24.3 Å². The standard InChI is InChI=1S/C20H20BrIO4/c1-2-25-20(24)16-10-15(16)12-6-7-18(17(22)9-12)26-19(11-23)13-4-3-5-14(21)8-13/h3-9,15-16,19,23H,2,10-11H2,1H3. The molecular weight excluding hydrogens is 511 g/mol. The van der Waals surface area contributed by atoms with Crippen molar-refractivity contribution in [2.24, 2.45) is 5.92 Å². The Morgan fingerprint density at radius 2 is 2.15 bits per heavy atom. The molecule has 0 spiro atoms. The molecule has 0 saturated heterocycles. The van der Waals surface area contributed by atoms with Crippen LogP contribution in [0.15, 0.2) is 46.9 Å². The number of aliphatic hydroxyl groups is 1. The molecule has 138 valence electrons. The highest BCUT2D eigenvalue weighted by molar-refractivity contribution is 14.1. The van der Waals surface area contributed by atoms with Crippen molar-refractivity contribution < 1.29 is 19.4 Å². The summed E-state index contributed by atoms with van der Waals surface area (Å²) in [5, 5.41) is 9.73. The van der Waals surface area contributed by atoms with Gasteiger partial charge in [-0.2, -0.15) is 0 Å². The summed E-state index contributed by atoms with van der Waals surface area (Å²) in [6.45, 7) is 2.14. The molecule has 3 atom stereocenters. The Kier molecular flexibility index (Phi) is 6.58. The molecule has 26 heavy (non-hydrogen) atoms. The number of rotatable bonds is 7. The lowest BCUT2D eigenvalue weighted by molar-refractivity contribution is -0.144. The molecule has 0 bridgehead atoms. The van der Waals surface area contributed by atoms with Gasteiger partial charge < -0.3 is 14.6 Å². The molecule has 1 fully saturated rings. The Labute approximate surface area is 175 Å². The van der Waals surface area contributed by atoms with Gasteiger partial charge in [-0.25, -0.2) is 0 Å². The first kappa shape index (κ1) is 19.6. The predicted octanol–water partition coefficient (Wildman–Crippen LogP) is 4.83. The van der Waals surface area contributed by atoms with Gasteiger partial charge in [0.25, 0.3) is 0 Å². The molecule has 0 aromatic heterocycles. The molecular formula is C20H20BrIO4. The number of halogens is 2. The van der Waals surface area contributed by atoms with Gasteiger partial charge in [-0.05, 0) is 77.2 Å². The highest BCUT2D eigenvalue weighted by atomic mass is 127. The molecule has 1 saturated carbocycles. The fourth-order valence-electron chi connectivity index (χ4n) is 2.99. The molecule has 0 aliphatic heterocycles. The number of benzene rings is 2. The van der Waals surface area contributed by atoms with Crippen LogP contribution >= 0.6 is 38.5 Å². The van der Waals surface area contributed by atoms with Crippen molar-refractivity contribution in [2.75, 3.05) is 13.2 Å². The first-order chi connectivity index (χ1) is 12.5. The highest BCUT2D eigenvalue weighted by Gasteiger charge is 2.45. The van der Waals surface area contributed by atoms with Crippen molar-refractivity contribution in [1.82, 2.24) is 0 Å². The van der Waals surface area contributed by atoms with E-state index in [0.717, 1.165) is 31.3 Å². The van der Waals surface area contributed by atoms with E-state index in [1.807, 2.05) is 43.3 Å². The maximum Gasteiger partial charge on any atom is 0.309 e. The summed E-state index contributed by atoms with van der Waals surface area (Å²) in [5.74, 6) is 0.823. The number of carbonyl (C=O) groups is 1. The first-order valence-electron chi connectivity index (χ1n) is 8.52. The highest BCUT2D eigenvalue weighted by Crippen LogP contribution is 2.49. The van der Waals surface area contributed by atoms with Crippen LogP contribution in [0.25, 0.3) is 0 Å². The number of hydrogen-bond donors (Lipinski definition) is 1. The monoisotopic (exact) mass is 530 g/mol.